The zero-order valence-electron chi connectivity index (χ0n) is 6.74. The van der Waals surface area contributed by atoms with Crippen LogP contribution in [0.15, 0.2) is 16.0 Å². The van der Waals surface area contributed by atoms with Gasteiger partial charge in [0.2, 0.25) is 0 Å². The molecule has 0 aliphatic carbocycles. The fourth-order valence-corrected chi connectivity index (χ4v) is 2.32. The molecular formula is C6H7BrN2O3S. The van der Waals surface area contributed by atoms with Crippen LogP contribution in [0.4, 0.5) is 0 Å². The molecule has 0 unspecified atom stereocenters. The first kappa shape index (κ1) is 10.4. The molecule has 1 aromatic heterocycles. The van der Waals surface area contributed by atoms with Gasteiger partial charge in [-0.3, -0.25) is 4.98 Å². The molecule has 0 amide bonds. The summed E-state index contributed by atoms with van der Waals surface area (Å²) < 4.78 is 22.3. The number of aromatic amines is 1. The number of hydrogen-bond donors (Lipinski definition) is 1. The number of aromatic nitrogens is 2. The van der Waals surface area contributed by atoms with E-state index < -0.39 is 15.5 Å². The number of halogens is 1. The minimum absolute atomic E-state index is 0.0793. The van der Waals surface area contributed by atoms with Gasteiger partial charge >= 0.3 is 5.69 Å². The predicted octanol–water partition coefficient (Wildman–Crippen LogP) is 0.0683. The largest absolute Gasteiger partial charge is 0.345 e. The molecule has 0 radical (unpaired) electrons. The van der Waals surface area contributed by atoms with Gasteiger partial charge in [-0.05, 0) is 0 Å². The van der Waals surface area contributed by atoms with Gasteiger partial charge in [0.05, 0.1) is 0 Å². The Bertz CT molecular complexity index is 465. The highest BCUT2D eigenvalue weighted by atomic mass is 79.9. The van der Waals surface area contributed by atoms with E-state index in [0.717, 1.165) is 6.26 Å². The molecule has 0 bridgehead atoms. The van der Waals surface area contributed by atoms with Crippen molar-refractivity contribution in [3.63, 3.8) is 0 Å². The Morgan fingerprint density at radius 3 is 2.69 bits per heavy atom. The maximum Gasteiger partial charge on any atom is 0.345 e. The molecule has 1 N–H and O–H groups in total. The lowest BCUT2D eigenvalue weighted by Crippen LogP contribution is -2.17. The van der Waals surface area contributed by atoms with Crippen LogP contribution in [-0.2, 0) is 15.2 Å². The number of rotatable bonds is 2. The summed E-state index contributed by atoms with van der Waals surface area (Å²) in [5, 5.41) is 0.253. The Labute approximate surface area is 83.3 Å². The van der Waals surface area contributed by atoms with Crippen LogP contribution in [0.5, 0.6) is 0 Å². The van der Waals surface area contributed by atoms with Crippen LogP contribution in [0, 0.1) is 0 Å². The Kier molecular flexibility index (Phi) is 2.87. The molecule has 0 aliphatic heterocycles. The quantitative estimate of drug-likeness (QED) is 0.607. The topological polar surface area (TPSA) is 79.9 Å². The first-order valence-electron chi connectivity index (χ1n) is 3.29. The monoisotopic (exact) mass is 266 g/mol. The van der Waals surface area contributed by atoms with E-state index in [1.807, 2.05) is 0 Å². The molecule has 0 saturated carbocycles. The van der Waals surface area contributed by atoms with E-state index in [-0.39, 0.29) is 5.03 Å². The van der Waals surface area contributed by atoms with Gasteiger partial charge in [0, 0.05) is 23.3 Å². The van der Waals surface area contributed by atoms with Crippen LogP contribution >= 0.6 is 15.9 Å². The van der Waals surface area contributed by atoms with E-state index in [1.165, 1.54) is 6.20 Å². The zero-order valence-corrected chi connectivity index (χ0v) is 9.15. The molecule has 0 aromatic carbocycles. The number of hydrogen-bond acceptors (Lipinski definition) is 4. The smallest absolute Gasteiger partial charge is 0.296 e. The van der Waals surface area contributed by atoms with Crippen LogP contribution in [0.25, 0.3) is 0 Å². The second kappa shape index (κ2) is 3.59. The van der Waals surface area contributed by atoms with Crippen LogP contribution in [-0.4, -0.2) is 24.6 Å². The van der Waals surface area contributed by atoms with Crippen molar-refractivity contribution in [3.05, 3.63) is 22.2 Å². The van der Waals surface area contributed by atoms with Crippen molar-refractivity contribution in [3.8, 4) is 0 Å². The zero-order chi connectivity index (χ0) is 10.1. The lowest BCUT2D eigenvalue weighted by molar-refractivity contribution is 0.596. The highest BCUT2D eigenvalue weighted by Crippen LogP contribution is 2.12. The van der Waals surface area contributed by atoms with Crippen LogP contribution in [0.1, 0.15) is 5.56 Å². The summed E-state index contributed by atoms with van der Waals surface area (Å²) in [7, 11) is -3.39. The Morgan fingerprint density at radius 2 is 2.23 bits per heavy atom. The van der Waals surface area contributed by atoms with Crippen molar-refractivity contribution in [2.75, 3.05) is 6.26 Å². The van der Waals surface area contributed by atoms with Crippen molar-refractivity contribution in [2.45, 2.75) is 10.4 Å². The molecule has 1 rings (SSSR count). The molecule has 0 saturated heterocycles. The minimum atomic E-state index is -3.39. The molecule has 1 heterocycles. The molecule has 0 spiro atoms. The fraction of sp³-hybridized carbons (Fsp3) is 0.333. The predicted molar refractivity (Wildman–Crippen MR) is 50.6 cm³/mol. The normalized spacial score (nSPS) is 11.5. The highest BCUT2D eigenvalue weighted by molar-refractivity contribution is 9.08. The lowest BCUT2D eigenvalue weighted by Gasteiger charge is -2.02. The van der Waals surface area contributed by atoms with Gasteiger partial charge in [-0.15, -0.1) is 0 Å². The van der Waals surface area contributed by atoms with Crippen molar-refractivity contribution in [1.29, 1.82) is 0 Å². The maximum atomic E-state index is 11.1. The van der Waals surface area contributed by atoms with Crippen molar-refractivity contribution >= 4 is 25.8 Å². The maximum absolute atomic E-state index is 11.1. The Hall–Kier alpha value is -0.690. The SMILES string of the molecule is CS(=O)(=O)c1[nH]c(=O)ncc1CBr. The van der Waals surface area contributed by atoms with E-state index in [9.17, 15) is 13.2 Å². The van der Waals surface area contributed by atoms with Gasteiger partial charge in [0.1, 0.15) is 5.03 Å². The van der Waals surface area contributed by atoms with E-state index in [0.29, 0.717) is 10.9 Å². The van der Waals surface area contributed by atoms with Gasteiger partial charge < -0.3 is 0 Å². The standard InChI is InChI=1S/C6H7BrN2O3S/c1-13(11,12)5-4(2-7)3-8-6(10)9-5/h3H,2H2,1H3,(H,8,9,10). The van der Waals surface area contributed by atoms with Crippen LogP contribution in [0.3, 0.4) is 0 Å². The molecule has 0 aliphatic rings. The van der Waals surface area contributed by atoms with Gasteiger partial charge in [-0.25, -0.2) is 18.2 Å². The lowest BCUT2D eigenvalue weighted by atomic mass is 10.4. The average Bonchev–Trinajstić information content (AvgIpc) is 2.03. The van der Waals surface area contributed by atoms with Crippen molar-refractivity contribution < 1.29 is 8.42 Å². The highest BCUT2D eigenvalue weighted by Gasteiger charge is 2.13. The number of nitrogens with one attached hydrogen (secondary N) is 1. The van der Waals surface area contributed by atoms with E-state index in [2.05, 4.69) is 25.9 Å². The van der Waals surface area contributed by atoms with E-state index >= 15 is 0 Å². The Morgan fingerprint density at radius 1 is 1.62 bits per heavy atom. The molecule has 72 valence electrons. The third-order valence-electron chi connectivity index (χ3n) is 1.36. The average molecular weight is 267 g/mol. The van der Waals surface area contributed by atoms with Gasteiger partial charge in [-0.2, -0.15) is 0 Å². The third kappa shape index (κ3) is 2.38. The van der Waals surface area contributed by atoms with Gasteiger partial charge in [0.25, 0.3) is 0 Å². The van der Waals surface area contributed by atoms with E-state index in [1.54, 1.807) is 0 Å². The first-order valence-corrected chi connectivity index (χ1v) is 6.30. The summed E-state index contributed by atoms with van der Waals surface area (Å²) in [5.74, 6) is 0. The molecule has 5 nitrogen and oxygen atoms in total. The summed E-state index contributed by atoms with van der Waals surface area (Å²) in [6.07, 6.45) is 2.27. The van der Waals surface area contributed by atoms with Gasteiger partial charge in [-0.1, -0.05) is 15.9 Å². The molecule has 13 heavy (non-hydrogen) atoms. The minimum Gasteiger partial charge on any atom is -0.296 e. The summed E-state index contributed by atoms with van der Waals surface area (Å²) in [6, 6.07) is 0. The fourth-order valence-electron chi connectivity index (χ4n) is 0.831. The van der Waals surface area contributed by atoms with Crippen molar-refractivity contribution in [1.82, 2.24) is 9.97 Å². The Balaban J connectivity index is 3.51. The van der Waals surface area contributed by atoms with Crippen LogP contribution < -0.4 is 5.69 Å². The summed E-state index contributed by atoms with van der Waals surface area (Å²) >= 11 is 3.10. The second-order valence-corrected chi connectivity index (χ2v) is 4.96. The molecule has 0 fully saturated rings. The van der Waals surface area contributed by atoms with Gasteiger partial charge in [0.15, 0.2) is 9.84 Å². The number of H-pyrrole nitrogens is 1. The molecule has 7 heteroatoms. The summed E-state index contributed by atoms with van der Waals surface area (Å²) in [4.78, 5) is 16.4. The molecular weight excluding hydrogens is 260 g/mol. The summed E-state index contributed by atoms with van der Waals surface area (Å²) in [5.41, 5.74) is -0.216. The van der Waals surface area contributed by atoms with E-state index in [4.69, 9.17) is 0 Å². The third-order valence-corrected chi connectivity index (χ3v) is 3.07. The second-order valence-electron chi connectivity index (χ2n) is 2.45. The number of alkyl halides is 1. The number of nitrogens with zero attached hydrogens (tertiary/aromatic N) is 1. The van der Waals surface area contributed by atoms with Crippen LogP contribution in [0.2, 0.25) is 0 Å². The molecule has 1 aromatic rings. The first-order chi connectivity index (χ1) is 5.95. The molecule has 0 atom stereocenters. The summed E-state index contributed by atoms with van der Waals surface area (Å²) in [6.45, 7) is 0. The number of sulfone groups is 1. The van der Waals surface area contributed by atoms with Crippen molar-refractivity contribution in [2.24, 2.45) is 0 Å².